The van der Waals surface area contributed by atoms with Crippen LogP contribution in [0.3, 0.4) is 0 Å². The van der Waals surface area contributed by atoms with E-state index in [1.807, 2.05) is 6.07 Å². The van der Waals surface area contributed by atoms with Crippen molar-refractivity contribution in [2.75, 3.05) is 0 Å². The molecule has 104 valence electrons. The normalized spacial score (nSPS) is 10.5. The number of carbonyl (C=O) groups is 1. The van der Waals surface area contributed by atoms with Crippen molar-refractivity contribution in [2.45, 2.75) is 25.4 Å². The Morgan fingerprint density at radius 1 is 1.00 bits per heavy atom. The van der Waals surface area contributed by atoms with Gasteiger partial charge in [0.15, 0.2) is 0 Å². The van der Waals surface area contributed by atoms with Crippen LogP contribution in [0.2, 0.25) is 0 Å². The van der Waals surface area contributed by atoms with E-state index in [9.17, 15) is 4.79 Å². The van der Waals surface area contributed by atoms with E-state index in [-0.39, 0.29) is 0 Å². The highest BCUT2D eigenvalue weighted by Crippen LogP contribution is 2.20. The van der Waals surface area contributed by atoms with Crippen LogP contribution in [0.25, 0.3) is 0 Å². The van der Waals surface area contributed by atoms with E-state index in [0.29, 0.717) is 5.56 Å². The number of hydrogen-bond acceptors (Lipinski definition) is 2. The zero-order valence-corrected chi connectivity index (χ0v) is 12.5. The fourth-order valence-electron chi connectivity index (χ4n) is 2.23. The van der Waals surface area contributed by atoms with Gasteiger partial charge in [-0.2, -0.15) is 11.8 Å². The van der Waals surface area contributed by atoms with E-state index in [0.717, 1.165) is 17.1 Å². The minimum Gasteiger partial charge on any atom is -0.478 e. The molecular weight excluding hydrogens is 268 g/mol. The summed E-state index contributed by atoms with van der Waals surface area (Å²) in [5.41, 5.74) is 5.30. The van der Waals surface area contributed by atoms with E-state index < -0.39 is 5.97 Å². The van der Waals surface area contributed by atoms with Crippen molar-refractivity contribution >= 4 is 17.7 Å². The first-order valence-corrected chi connectivity index (χ1v) is 7.67. The number of thioether (sulfide) groups is 1. The maximum absolute atomic E-state index is 10.9. The van der Waals surface area contributed by atoms with Gasteiger partial charge in [-0.3, -0.25) is 0 Å². The van der Waals surface area contributed by atoms with Crippen molar-refractivity contribution in [1.82, 2.24) is 0 Å². The lowest BCUT2D eigenvalue weighted by molar-refractivity contribution is 0.0697. The molecule has 0 heterocycles. The summed E-state index contributed by atoms with van der Waals surface area (Å²) in [5.74, 6) is 0.902. The van der Waals surface area contributed by atoms with Gasteiger partial charge in [0.05, 0.1) is 5.56 Å². The van der Waals surface area contributed by atoms with Crippen LogP contribution in [0, 0.1) is 13.8 Å². The minimum atomic E-state index is -0.869. The summed E-state index contributed by atoms with van der Waals surface area (Å²) in [6, 6.07) is 13.7. The average molecular weight is 286 g/mol. The number of rotatable bonds is 5. The average Bonchev–Trinajstić information content (AvgIpc) is 2.38. The van der Waals surface area contributed by atoms with Crippen LogP contribution in [-0.4, -0.2) is 11.1 Å². The molecule has 0 bridgehead atoms. The Bertz CT molecular complexity index is 600. The van der Waals surface area contributed by atoms with Gasteiger partial charge in [0.1, 0.15) is 0 Å². The molecule has 2 aromatic carbocycles. The van der Waals surface area contributed by atoms with E-state index >= 15 is 0 Å². The first-order valence-electron chi connectivity index (χ1n) is 6.52. The fraction of sp³-hybridized carbons (Fsp3) is 0.235. The highest BCUT2D eigenvalue weighted by atomic mass is 32.2. The Morgan fingerprint density at radius 3 is 2.30 bits per heavy atom. The van der Waals surface area contributed by atoms with Crippen molar-refractivity contribution in [1.29, 1.82) is 0 Å². The van der Waals surface area contributed by atoms with Crippen molar-refractivity contribution in [3.8, 4) is 0 Å². The number of carboxylic acid groups (broad SMARTS) is 1. The number of hydrogen-bond donors (Lipinski definition) is 1. The maximum atomic E-state index is 10.9. The number of aromatic carboxylic acids is 1. The van der Waals surface area contributed by atoms with Crippen LogP contribution in [0.1, 0.15) is 32.6 Å². The predicted molar refractivity (Wildman–Crippen MR) is 84.3 cm³/mol. The largest absolute Gasteiger partial charge is 0.478 e. The van der Waals surface area contributed by atoms with Crippen molar-refractivity contribution in [3.05, 3.63) is 70.3 Å². The molecule has 0 aliphatic heterocycles. The van der Waals surface area contributed by atoms with Gasteiger partial charge in [0.2, 0.25) is 0 Å². The van der Waals surface area contributed by atoms with Gasteiger partial charge >= 0.3 is 5.97 Å². The third-order valence-electron chi connectivity index (χ3n) is 2.99. The summed E-state index contributed by atoms with van der Waals surface area (Å²) >= 11 is 1.80. The van der Waals surface area contributed by atoms with Gasteiger partial charge in [-0.15, -0.1) is 0 Å². The summed E-state index contributed by atoms with van der Waals surface area (Å²) in [7, 11) is 0. The second kappa shape index (κ2) is 6.62. The lowest BCUT2D eigenvalue weighted by Gasteiger charge is -2.06. The van der Waals surface area contributed by atoms with Gasteiger partial charge in [0.25, 0.3) is 0 Å². The second-order valence-electron chi connectivity index (χ2n) is 4.99. The molecule has 2 nitrogen and oxygen atoms in total. The molecule has 0 fully saturated rings. The summed E-state index contributed by atoms with van der Waals surface area (Å²) in [6.45, 7) is 4.22. The SMILES string of the molecule is Cc1cc(C)cc(CSCc2cccc(C(=O)O)c2)c1. The lowest BCUT2D eigenvalue weighted by atomic mass is 10.1. The van der Waals surface area contributed by atoms with Gasteiger partial charge in [-0.25, -0.2) is 4.79 Å². The third-order valence-corrected chi connectivity index (χ3v) is 4.07. The van der Waals surface area contributed by atoms with Crippen molar-refractivity contribution in [3.63, 3.8) is 0 Å². The number of carboxylic acids is 1. The molecule has 3 heteroatoms. The maximum Gasteiger partial charge on any atom is 0.335 e. The van der Waals surface area contributed by atoms with Crippen LogP contribution < -0.4 is 0 Å². The molecule has 1 N–H and O–H groups in total. The quantitative estimate of drug-likeness (QED) is 0.883. The molecule has 0 saturated carbocycles. The Labute approximate surface area is 123 Å². The Balaban J connectivity index is 1.95. The molecule has 0 aliphatic carbocycles. The molecule has 0 radical (unpaired) electrons. The third kappa shape index (κ3) is 4.14. The zero-order chi connectivity index (χ0) is 14.5. The lowest BCUT2D eigenvalue weighted by Crippen LogP contribution is -1.96. The fourth-order valence-corrected chi connectivity index (χ4v) is 3.15. The van der Waals surface area contributed by atoms with Gasteiger partial charge in [0, 0.05) is 11.5 Å². The first kappa shape index (κ1) is 14.7. The van der Waals surface area contributed by atoms with Crippen molar-refractivity contribution in [2.24, 2.45) is 0 Å². The van der Waals surface area contributed by atoms with Crippen LogP contribution in [0.4, 0.5) is 0 Å². The molecule has 2 rings (SSSR count). The van der Waals surface area contributed by atoms with E-state index in [2.05, 4.69) is 32.0 Å². The van der Waals surface area contributed by atoms with E-state index in [4.69, 9.17) is 5.11 Å². The zero-order valence-electron chi connectivity index (χ0n) is 11.7. The van der Waals surface area contributed by atoms with Gasteiger partial charge < -0.3 is 5.11 Å². The van der Waals surface area contributed by atoms with E-state index in [1.54, 1.807) is 30.0 Å². The predicted octanol–water partition coefficient (Wildman–Crippen LogP) is 4.44. The van der Waals surface area contributed by atoms with Gasteiger partial charge in [-0.05, 0) is 37.1 Å². The molecule has 0 aliphatic rings. The summed E-state index contributed by atoms with van der Waals surface area (Å²) in [4.78, 5) is 10.9. The molecular formula is C17H18O2S. The summed E-state index contributed by atoms with van der Waals surface area (Å²) in [5, 5.41) is 8.97. The molecule has 2 aromatic rings. The topological polar surface area (TPSA) is 37.3 Å². The molecule has 0 spiro atoms. The Morgan fingerprint density at radius 2 is 1.65 bits per heavy atom. The standard InChI is InChI=1S/C17H18O2S/c1-12-6-13(2)8-15(7-12)11-20-10-14-4-3-5-16(9-14)17(18)19/h3-9H,10-11H2,1-2H3,(H,18,19). The number of aryl methyl sites for hydroxylation is 2. The minimum absolute atomic E-state index is 0.356. The molecule has 0 aromatic heterocycles. The molecule has 0 atom stereocenters. The van der Waals surface area contributed by atoms with Crippen LogP contribution in [0.5, 0.6) is 0 Å². The smallest absolute Gasteiger partial charge is 0.335 e. The van der Waals surface area contributed by atoms with Crippen molar-refractivity contribution < 1.29 is 9.90 Å². The van der Waals surface area contributed by atoms with Crippen LogP contribution >= 0.6 is 11.8 Å². The van der Waals surface area contributed by atoms with Crippen LogP contribution in [-0.2, 0) is 11.5 Å². The first-order chi connectivity index (χ1) is 9.54. The molecule has 0 amide bonds. The summed E-state index contributed by atoms with van der Waals surface area (Å²) < 4.78 is 0. The van der Waals surface area contributed by atoms with Gasteiger partial charge in [-0.1, -0.05) is 41.5 Å². The molecule has 0 unspecified atom stereocenters. The highest BCUT2D eigenvalue weighted by Gasteiger charge is 2.03. The Hall–Kier alpha value is -1.74. The number of benzene rings is 2. The molecule has 20 heavy (non-hydrogen) atoms. The van der Waals surface area contributed by atoms with E-state index in [1.165, 1.54) is 16.7 Å². The molecule has 0 saturated heterocycles. The monoisotopic (exact) mass is 286 g/mol. The summed E-state index contributed by atoms with van der Waals surface area (Å²) in [6.07, 6.45) is 0. The second-order valence-corrected chi connectivity index (χ2v) is 5.98. The Kier molecular flexibility index (Phi) is 4.85. The van der Waals surface area contributed by atoms with Crippen LogP contribution in [0.15, 0.2) is 42.5 Å². The highest BCUT2D eigenvalue weighted by molar-refractivity contribution is 7.97.